The highest BCUT2D eigenvalue weighted by atomic mass is 16.6. The maximum Gasteiger partial charge on any atom is 0.366 e. The summed E-state index contributed by atoms with van der Waals surface area (Å²) in [5, 5.41) is 9.28. The average Bonchev–Trinajstić information content (AvgIpc) is 2.80. The highest BCUT2D eigenvalue weighted by Crippen LogP contribution is 2.17. The lowest BCUT2D eigenvalue weighted by molar-refractivity contribution is -0.140. The molecule has 33 heavy (non-hydrogen) atoms. The Kier molecular flexibility index (Phi) is 9.56. The molecule has 0 aliphatic rings. The molecule has 0 aliphatic heterocycles. The zero-order valence-corrected chi connectivity index (χ0v) is 18.6. The smallest absolute Gasteiger partial charge is 0.366 e. The van der Waals surface area contributed by atoms with E-state index in [9.17, 15) is 19.2 Å². The van der Waals surface area contributed by atoms with Crippen LogP contribution in [0.2, 0.25) is 0 Å². The van der Waals surface area contributed by atoms with Crippen molar-refractivity contribution in [1.82, 2.24) is 0 Å². The minimum Gasteiger partial charge on any atom is -0.461 e. The van der Waals surface area contributed by atoms with Gasteiger partial charge in [0.25, 0.3) is 11.6 Å². The van der Waals surface area contributed by atoms with Crippen LogP contribution in [0.25, 0.3) is 0 Å². The van der Waals surface area contributed by atoms with Crippen LogP contribution in [0.3, 0.4) is 0 Å². The third-order valence-corrected chi connectivity index (χ3v) is 4.11. The molecule has 0 fully saturated rings. The van der Waals surface area contributed by atoms with Crippen LogP contribution in [-0.2, 0) is 23.9 Å². The van der Waals surface area contributed by atoms with Gasteiger partial charge in [-0.2, -0.15) is 5.10 Å². The van der Waals surface area contributed by atoms with Crippen molar-refractivity contribution < 1.29 is 28.7 Å². The van der Waals surface area contributed by atoms with Crippen molar-refractivity contribution in [3.05, 3.63) is 54.1 Å². The molecule has 0 spiro atoms. The highest BCUT2D eigenvalue weighted by Gasteiger charge is 2.23. The molecule has 0 unspecified atom stereocenters. The lowest BCUT2D eigenvalue weighted by Crippen LogP contribution is -2.29. The van der Waals surface area contributed by atoms with Crippen molar-refractivity contribution in [2.45, 2.75) is 27.2 Å². The summed E-state index contributed by atoms with van der Waals surface area (Å²) in [6.07, 6.45) is 0.349. The number of rotatable bonds is 10. The van der Waals surface area contributed by atoms with Crippen molar-refractivity contribution in [3.8, 4) is 0 Å². The van der Waals surface area contributed by atoms with E-state index in [1.807, 2.05) is 0 Å². The molecule has 0 atom stereocenters. The van der Waals surface area contributed by atoms with E-state index in [0.717, 1.165) is 0 Å². The Balaban J connectivity index is 2.06. The molecule has 0 heterocycles. The highest BCUT2D eigenvalue weighted by molar-refractivity contribution is 6.62. The van der Waals surface area contributed by atoms with Gasteiger partial charge in [0.05, 0.1) is 18.9 Å². The lowest BCUT2D eigenvalue weighted by atomic mass is 10.2. The molecule has 2 aromatic carbocycles. The summed E-state index contributed by atoms with van der Waals surface area (Å²) in [5.41, 5.74) is 3.97. The fourth-order valence-corrected chi connectivity index (χ4v) is 2.52. The first-order valence-corrected chi connectivity index (χ1v) is 10.4. The van der Waals surface area contributed by atoms with E-state index >= 15 is 0 Å². The third kappa shape index (κ3) is 7.76. The molecule has 2 rings (SSSR count). The summed E-state index contributed by atoms with van der Waals surface area (Å²) in [7, 11) is 0. The van der Waals surface area contributed by atoms with Gasteiger partial charge in [0.15, 0.2) is 0 Å². The van der Waals surface area contributed by atoms with Crippen LogP contribution in [0.15, 0.2) is 53.6 Å². The molecule has 10 heteroatoms. The van der Waals surface area contributed by atoms with E-state index in [1.54, 1.807) is 69.3 Å². The van der Waals surface area contributed by atoms with E-state index < -0.39 is 17.7 Å². The molecule has 2 amide bonds. The number of amides is 2. The SMILES string of the molecule is CCOC(=O)C(=NNc1ccc(C(=O)Nc2cccc(NC(=O)CC)c2)cc1)C(=O)OCC. The predicted octanol–water partition coefficient (Wildman–Crippen LogP) is 3.18. The van der Waals surface area contributed by atoms with E-state index in [1.165, 1.54) is 0 Å². The molecule has 0 saturated carbocycles. The van der Waals surface area contributed by atoms with Crippen molar-refractivity contribution in [2.24, 2.45) is 5.10 Å². The van der Waals surface area contributed by atoms with Crippen molar-refractivity contribution in [2.75, 3.05) is 29.3 Å². The number of carbonyl (C=O) groups is 4. The summed E-state index contributed by atoms with van der Waals surface area (Å²) in [6, 6.07) is 13.0. The number of esters is 2. The number of hydrogen-bond acceptors (Lipinski definition) is 8. The molecule has 0 saturated heterocycles. The van der Waals surface area contributed by atoms with Crippen molar-refractivity contribution in [3.63, 3.8) is 0 Å². The minimum atomic E-state index is -0.906. The number of anilines is 3. The number of nitrogens with one attached hydrogen (secondary N) is 3. The van der Waals surface area contributed by atoms with E-state index in [-0.39, 0.29) is 25.0 Å². The second kappa shape index (κ2) is 12.6. The predicted molar refractivity (Wildman–Crippen MR) is 124 cm³/mol. The van der Waals surface area contributed by atoms with Crippen LogP contribution < -0.4 is 16.1 Å². The molecule has 174 valence electrons. The first-order valence-electron chi connectivity index (χ1n) is 10.4. The van der Waals surface area contributed by atoms with E-state index in [0.29, 0.717) is 29.0 Å². The van der Waals surface area contributed by atoms with Crippen molar-refractivity contribution in [1.29, 1.82) is 0 Å². The first kappa shape index (κ1) is 25.1. The third-order valence-electron chi connectivity index (χ3n) is 4.11. The van der Waals surface area contributed by atoms with Crippen LogP contribution >= 0.6 is 0 Å². The standard InChI is InChI=1S/C23H26N4O6/c1-4-19(28)24-17-8-7-9-18(14-17)25-21(29)15-10-12-16(13-11-15)26-27-20(22(30)32-5-2)23(31)33-6-3/h7-14,26H,4-6H2,1-3H3,(H,24,28)(H,25,29). The molecular formula is C23H26N4O6. The van der Waals surface area contributed by atoms with Gasteiger partial charge in [-0.3, -0.25) is 15.0 Å². The minimum absolute atomic E-state index is 0.0783. The number of carbonyl (C=O) groups excluding carboxylic acids is 4. The van der Waals surface area contributed by atoms with Crippen LogP contribution in [0.4, 0.5) is 17.1 Å². The maximum atomic E-state index is 12.5. The molecule has 2 aromatic rings. The quantitative estimate of drug-likeness (QED) is 0.217. The maximum absolute atomic E-state index is 12.5. The lowest BCUT2D eigenvalue weighted by Gasteiger charge is -2.09. The normalized spacial score (nSPS) is 9.91. The number of hydrazone groups is 1. The van der Waals surface area contributed by atoms with Crippen LogP contribution in [0, 0.1) is 0 Å². The van der Waals surface area contributed by atoms with Gasteiger partial charge >= 0.3 is 11.9 Å². The van der Waals surface area contributed by atoms with Gasteiger partial charge in [-0.1, -0.05) is 13.0 Å². The number of hydrogen-bond donors (Lipinski definition) is 3. The van der Waals surface area contributed by atoms with Crippen LogP contribution in [-0.4, -0.2) is 42.7 Å². The fraction of sp³-hybridized carbons (Fsp3) is 0.261. The zero-order chi connectivity index (χ0) is 24.2. The summed E-state index contributed by atoms with van der Waals surface area (Å²) >= 11 is 0. The van der Waals surface area contributed by atoms with Gasteiger partial charge in [0.2, 0.25) is 5.91 Å². The average molecular weight is 454 g/mol. The summed E-state index contributed by atoms with van der Waals surface area (Å²) < 4.78 is 9.63. The summed E-state index contributed by atoms with van der Waals surface area (Å²) in [6.45, 7) is 5.12. The second-order valence-corrected chi connectivity index (χ2v) is 6.53. The summed E-state index contributed by atoms with van der Waals surface area (Å²) in [4.78, 5) is 47.9. The number of benzene rings is 2. The molecule has 0 radical (unpaired) electrons. The molecular weight excluding hydrogens is 428 g/mol. The number of nitrogens with zero attached hydrogens (tertiary/aromatic N) is 1. The molecule has 3 N–H and O–H groups in total. The van der Waals surface area contributed by atoms with Gasteiger partial charge in [-0.05, 0) is 56.3 Å². The monoisotopic (exact) mass is 454 g/mol. The molecule has 10 nitrogen and oxygen atoms in total. The van der Waals surface area contributed by atoms with Crippen LogP contribution in [0.5, 0.6) is 0 Å². The van der Waals surface area contributed by atoms with Gasteiger partial charge in [-0.15, -0.1) is 0 Å². The van der Waals surface area contributed by atoms with E-state index in [2.05, 4.69) is 21.2 Å². The summed E-state index contributed by atoms with van der Waals surface area (Å²) in [5.74, 6) is -2.30. The largest absolute Gasteiger partial charge is 0.461 e. The van der Waals surface area contributed by atoms with Gasteiger partial charge in [0.1, 0.15) is 0 Å². The Labute approximate surface area is 191 Å². The fourth-order valence-electron chi connectivity index (χ4n) is 2.52. The molecule has 0 aliphatic carbocycles. The second-order valence-electron chi connectivity index (χ2n) is 6.53. The van der Waals surface area contributed by atoms with Gasteiger partial charge in [-0.25, -0.2) is 9.59 Å². The Morgan fingerprint density at radius 3 is 1.91 bits per heavy atom. The van der Waals surface area contributed by atoms with Gasteiger partial charge in [0, 0.05) is 23.4 Å². The first-order chi connectivity index (χ1) is 15.9. The van der Waals surface area contributed by atoms with Crippen molar-refractivity contribution >= 4 is 46.5 Å². The number of ether oxygens (including phenoxy) is 2. The van der Waals surface area contributed by atoms with E-state index in [4.69, 9.17) is 9.47 Å². The zero-order valence-electron chi connectivity index (χ0n) is 18.6. The van der Waals surface area contributed by atoms with Gasteiger partial charge < -0.3 is 20.1 Å². The Bertz CT molecular complexity index is 1010. The molecule has 0 aromatic heterocycles. The Morgan fingerprint density at radius 2 is 1.36 bits per heavy atom. The Hall–Kier alpha value is -4.21. The van der Waals surface area contributed by atoms with Crippen LogP contribution in [0.1, 0.15) is 37.6 Å². The topological polar surface area (TPSA) is 135 Å². The Morgan fingerprint density at radius 1 is 0.788 bits per heavy atom. The molecule has 0 bridgehead atoms.